The molecule has 0 spiro atoms. The summed E-state index contributed by atoms with van der Waals surface area (Å²) in [5.41, 5.74) is 1.82. The lowest BCUT2D eigenvalue weighted by atomic mass is 10.1. The quantitative estimate of drug-likeness (QED) is 0.936. The van der Waals surface area contributed by atoms with E-state index in [1.165, 1.54) is 6.07 Å². The minimum Gasteiger partial charge on any atom is -0.387 e. The maximum absolute atomic E-state index is 13.2. The summed E-state index contributed by atoms with van der Waals surface area (Å²) in [6.07, 6.45) is -0.941. The first-order valence-corrected chi connectivity index (χ1v) is 6.17. The molecule has 1 N–H and O–H groups in total. The first kappa shape index (κ1) is 14.5. The molecule has 1 unspecified atom stereocenters. The van der Waals surface area contributed by atoms with Crippen molar-refractivity contribution < 1.29 is 18.4 Å². The fourth-order valence-electron chi connectivity index (χ4n) is 2.20. The van der Waals surface area contributed by atoms with Crippen molar-refractivity contribution in [3.05, 3.63) is 46.9 Å². The molecule has 0 aliphatic rings. The Morgan fingerprint density at radius 3 is 2.55 bits per heavy atom. The number of rotatable bonds is 4. The molecular formula is C14H16F2N2O2. The molecule has 1 aromatic carbocycles. The summed E-state index contributed by atoms with van der Waals surface area (Å²) in [6, 6.07) is 3.37. The molecule has 0 aliphatic heterocycles. The van der Waals surface area contributed by atoms with Gasteiger partial charge in [0.25, 0.3) is 0 Å². The number of aromatic nitrogens is 1. The molecule has 0 fully saturated rings. The van der Waals surface area contributed by atoms with Crippen molar-refractivity contribution in [2.75, 3.05) is 18.5 Å². The van der Waals surface area contributed by atoms with Crippen LogP contribution < -0.4 is 4.90 Å². The van der Waals surface area contributed by atoms with E-state index in [-0.39, 0.29) is 6.54 Å². The van der Waals surface area contributed by atoms with Crippen LogP contribution in [0.5, 0.6) is 0 Å². The SMILES string of the molecule is Cc1noc(C)c1N(C)CC(O)c1ccc(F)c(F)c1. The topological polar surface area (TPSA) is 49.5 Å². The van der Waals surface area contributed by atoms with Crippen LogP contribution in [0.25, 0.3) is 0 Å². The molecule has 1 atom stereocenters. The highest BCUT2D eigenvalue weighted by atomic mass is 19.2. The first-order chi connectivity index (χ1) is 9.40. The van der Waals surface area contributed by atoms with Gasteiger partial charge < -0.3 is 14.5 Å². The third kappa shape index (κ3) is 2.80. The van der Waals surface area contributed by atoms with E-state index >= 15 is 0 Å². The number of anilines is 1. The summed E-state index contributed by atoms with van der Waals surface area (Å²) < 4.78 is 31.1. The van der Waals surface area contributed by atoms with Crippen LogP contribution in [0.1, 0.15) is 23.1 Å². The molecule has 1 heterocycles. The van der Waals surface area contributed by atoms with Gasteiger partial charge >= 0.3 is 0 Å². The molecule has 6 heteroatoms. The minimum absolute atomic E-state index is 0.216. The number of halogens is 2. The van der Waals surface area contributed by atoms with Gasteiger partial charge in [0.05, 0.1) is 6.10 Å². The van der Waals surface area contributed by atoms with Gasteiger partial charge in [0, 0.05) is 13.6 Å². The largest absolute Gasteiger partial charge is 0.387 e. The monoisotopic (exact) mass is 282 g/mol. The standard InChI is InChI=1S/C14H16F2N2O2/c1-8-14(9(2)20-17-8)18(3)7-13(19)10-4-5-11(15)12(16)6-10/h4-6,13,19H,7H2,1-3H3. The fourth-order valence-corrected chi connectivity index (χ4v) is 2.20. The minimum atomic E-state index is -0.971. The van der Waals surface area contributed by atoms with Gasteiger partial charge in [-0.15, -0.1) is 0 Å². The highest BCUT2D eigenvalue weighted by Crippen LogP contribution is 2.25. The van der Waals surface area contributed by atoms with Crippen LogP contribution in [-0.2, 0) is 0 Å². The second-order valence-electron chi connectivity index (χ2n) is 4.74. The average molecular weight is 282 g/mol. The molecule has 0 radical (unpaired) electrons. The molecule has 108 valence electrons. The lowest BCUT2D eigenvalue weighted by Crippen LogP contribution is -2.25. The molecular weight excluding hydrogens is 266 g/mol. The summed E-state index contributed by atoms with van der Waals surface area (Å²) in [5.74, 6) is -1.26. The highest BCUT2D eigenvalue weighted by molar-refractivity contribution is 5.52. The van der Waals surface area contributed by atoms with Gasteiger partial charge in [-0.2, -0.15) is 0 Å². The zero-order chi connectivity index (χ0) is 14.9. The molecule has 20 heavy (non-hydrogen) atoms. The number of aliphatic hydroxyl groups excluding tert-OH is 1. The predicted molar refractivity (Wildman–Crippen MR) is 70.6 cm³/mol. The number of aryl methyl sites for hydroxylation is 2. The Bertz CT molecular complexity index is 594. The van der Waals surface area contributed by atoms with Crippen molar-refractivity contribution in [1.82, 2.24) is 5.16 Å². The van der Waals surface area contributed by atoms with Crippen LogP contribution >= 0.6 is 0 Å². The van der Waals surface area contributed by atoms with Crippen LogP contribution in [0.15, 0.2) is 22.7 Å². The Balaban J connectivity index is 2.15. The first-order valence-electron chi connectivity index (χ1n) is 6.17. The van der Waals surface area contributed by atoms with E-state index in [4.69, 9.17) is 4.52 Å². The Labute approximate surface area is 115 Å². The second-order valence-corrected chi connectivity index (χ2v) is 4.74. The number of hydrogen-bond acceptors (Lipinski definition) is 4. The number of benzene rings is 1. The Hall–Kier alpha value is -1.95. The van der Waals surface area contributed by atoms with E-state index in [0.29, 0.717) is 17.0 Å². The summed E-state index contributed by atoms with van der Waals surface area (Å²) >= 11 is 0. The number of hydrogen-bond donors (Lipinski definition) is 1. The van der Waals surface area contributed by atoms with Gasteiger partial charge in [0.2, 0.25) is 0 Å². The van der Waals surface area contributed by atoms with Crippen molar-refractivity contribution in [1.29, 1.82) is 0 Å². The summed E-state index contributed by atoms with van der Waals surface area (Å²) in [7, 11) is 1.77. The maximum atomic E-state index is 13.2. The van der Waals surface area contributed by atoms with Crippen LogP contribution in [-0.4, -0.2) is 23.9 Å². The molecule has 0 saturated carbocycles. The van der Waals surface area contributed by atoms with Gasteiger partial charge in [-0.05, 0) is 31.5 Å². The van der Waals surface area contributed by atoms with Crippen LogP contribution in [0, 0.1) is 25.5 Å². The average Bonchev–Trinajstić information content (AvgIpc) is 2.72. The van der Waals surface area contributed by atoms with Gasteiger partial charge in [-0.1, -0.05) is 11.2 Å². The van der Waals surface area contributed by atoms with Crippen LogP contribution in [0.2, 0.25) is 0 Å². The number of aliphatic hydroxyl groups is 1. The predicted octanol–water partition coefficient (Wildman–Crippen LogP) is 2.74. The lowest BCUT2D eigenvalue weighted by molar-refractivity contribution is 0.184. The van der Waals surface area contributed by atoms with Gasteiger partial charge in [-0.25, -0.2) is 8.78 Å². The van der Waals surface area contributed by atoms with Crippen molar-refractivity contribution in [2.45, 2.75) is 20.0 Å². The van der Waals surface area contributed by atoms with Crippen LogP contribution in [0.4, 0.5) is 14.5 Å². The normalized spacial score (nSPS) is 12.5. The molecule has 0 bridgehead atoms. The molecule has 1 aromatic heterocycles. The fraction of sp³-hybridized carbons (Fsp3) is 0.357. The Morgan fingerprint density at radius 1 is 1.30 bits per heavy atom. The zero-order valence-electron chi connectivity index (χ0n) is 11.5. The van der Waals surface area contributed by atoms with Gasteiger partial charge in [-0.3, -0.25) is 0 Å². The summed E-state index contributed by atoms with van der Waals surface area (Å²) in [6.45, 7) is 3.79. The van der Waals surface area contributed by atoms with E-state index in [9.17, 15) is 13.9 Å². The van der Waals surface area contributed by atoms with Crippen molar-refractivity contribution in [3.8, 4) is 0 Å². The Morgan fingerprint density at radius 2 is 2.00 bits per heavy atom. The molecule has 2 aromatic rings. The van der Waals surface area contributed by atoms with E-state index in [0.717, 1.165) is 17.8 Å². The molecule has 0 saturated heterocycles. The second kappa shape index (κ2) is 5.58. The van der Waals surface area contributed by atoms with Crippen molar-refractivity contribution >= 4 is 5.69 Å². The van der Waals surface area contributed by atoms with Crippen LogP contribution in [0.3, 0.4) is 0 Å². The van der Waals surface area contributed by atoms with E-state index < -0.39 is 17.7 Å². The third-order valence-corrected chi connectivity index (χ3v) is 3.15. The smallest absolute Gasteiger partial charge is 0.159 e. The molecule has 4 nitrogen and oxygen atoms in total. The van der Waals surface area contributed by atoms with Crippen molar-refractivity contribution in [2.24, 2.45) is 0 Å². The zero-order valence-corrected chi connectivity index (χ0v) is 11.5. The third-order valence-electron chi connectivity index (χ3n) is 3.15. The molecule has 0 amide bonds. The summed E-state index contributed by atoms with van der Waals surface area (Å²) in [4.78, 5) is 1.77. The lowest BCUT2D eigenvalue weighted by Gasteiger charge is -2.22. The number of nitrogens with zero attached hydrogens (tertiary/aromatic N) is 2. The van der Waals surface area contributed by atoms with E-state index in [2.05, 4.69) is 5.16 Å². The van der Waals surface area contributed by atoms with E-state index in [1.54, 1.807) is 25.8 Å². The van der Waals surface area contributed by atoms with Gasteiger partial charge in [0.1, 0.15) is 11.4 Å². The molecule has 2 rings (SSSR count). The number of likely N-dealkylation sites (N-methyl/N-ethyl adjacent to an activating group) is 1. The van der Waals surface area contributed by atoms with Gasteiger partial charge in [0.15, 0.2) is 17.4 Å². The van der Waals surface area contributed by atoms with E-state index in [1.807, 2.05) is 0 Å². The maximum Gasteiger partial charge on any atom is 0.159 e. The highest BCUT2D eigenvalue weighted by Gasteiger charge is 2.18. The van der Waals surface area contributed by atoms with Crippen molar-refractivity contribution in [3.63, 3.8) is 0 Å². The Kier molecular flexibility index (Phi) is 4.04. The molecule has 0 aliphatic carbocycles. The summed E-state index contributed by atoms with van der Waals surface area (Å²) in [5, 5.41) is 13.9.